The van der Waals surface area contributed by atoms with Crippen LogP contribution >= 0.6 is 45.2 Å². The molecule has 1 N–H and O–H groups in total. The lowest BCUT2D eigenvalue weighted by molar-refractivity contribution is 0.0736. The standard InChI is InChI=1S/C27H30I2N4O/c28-24-17-33(27(34)23-6-4-5-20-15-30-12-11-22(20)23)18-25(29)26(24)31-21-9-7-19(8-10-21)16-32-13-2-1-3-14-32/h4-12,15,24-26,31H,1-3,13-14,16-18H2/t24-,25+,26?. The van der Waals surface area contributed by atoms with Gasteiger partial charge in [-0.15, -0.1) is 0 Å². The SMILES string of the molecule is O=C(c1cccc2cnccc12)N1C[C@@H](I)C(Nc2ccc(CN3CCCCC3)cc2)[C@@H](I)C1. The smallest absolute Gasteiger partial charge is 0.254 e. The second-order valence-corrected chi connectivity index (χ2v) is 12.5. The summed E-state index contributed by atoms with van der Waals surface area (Å²) in [6.45, 7) is 4.98. The molecule has 0 radical (unpaired) electrons. The first kappa shape index (κ1) is 24.2. The van der Waals surface area contributed by atoms with Crippen molar-refractivity contribution in [3.8, 4) is 0 Å². The molecule has 2 saturated heterocycles. The quantitative estimate of drug-likeness (QED) is 0.275. The van der Waals surface area contributed by atoms with E-state index in [2.05, 4.69) is 84.6 Å². The van der Waals surface area contributed by atoms with E-state index in [1.165, 1.54) is 37.9 Å². The summed E-state index contributed by atoms with van der Waals surface area (Å²) in [5.41, 5.74) is 3.31. The fraction of sp³-hybridized carbons (Fsp3) is 0.407. The predicted octanol–water partition coefficient (Wildman–Crippen LogP) is 5.76. The van der Waals surface area contributed by atoms with Crippen molar-refractivity contribution in [2.24, 2.45) is 0 Å². The predicted molar refractivity (Wildman–Crippen MR) is 156 cm³/mol. The van der Waals surface area contributed by atoms with Crippen molar-refractivity contribution in [3.05, 3.63) is 72.1 Å². The van der Waals surface area contributed by atoms with E-state index in [4.69, 9.17) is 0 Å². The highest BCUT2D eigenvalue weighted by Crippen LogP contribution is 2.29. The molecule has 2 aliphatic rings. The minimum Gasteiger partial charge on any atom is -0.380 e. The van der Waals surface area contributed by atoms with Gasteiger partial charge in [-0.1, -0.05) is 75.9 Å². The molecule has 3 heterocycles. The minimum atomic E-state index is 0.112. The minimum absolute atomic E-state index is 0.112. The fourth-order valence-electron chi connectivity index (χ4n) is 5.05. The van der Waals surface area contributed by atoms with Gasteiger partial charge in [-0.25, -0.2) is 0 Å². The number of anilines is 1. The number of pyridine rings is 1. The Morgan fingerprint density at radius 1 is 0.971 bits per heavy atom. The summed E-state index contributed by atoms with van der Waals surface area (Å²) in [6.07, 6.45) is 7.61. The van der Waals surface area contributed by atoms with Gasteiger partial charge < -0.3 is 10.2 Å². The number of hydrogen-bond donors (Lipinski definition) is 1. The number of rotatable bonds is 5. The van der Waals surface area contributed by atoms with Crippen LogP contribution in [-0.4, -0.2) is 60.8 Å². The molecule has 178 valence electrons. The highest BCUT2D eigenvalue weighted by molar-refractivity contribution is 14.1. The molecule has 1 aromatic heterocycles. The molecule has 0 aliphatic carbocycles. The Balaban J connectivity index is 1.22. The molecular weight excluding hydrogens is 650 g/mol. The van der Waals surface area contributed by atoms with Gasteiger partial charge in [0.15, 0.2) is 0 Å². The lowest BCUT2D eigenvalue weighted by Crippen LogP contribution is -2.55. The maximum atomic E-state index is 13.4. The number of alkyl halides is 2. The topological polar surface area (TPSA) is 48.5 Å². The van der Waals surface area contributed by atoms with Gasteiger partial charge in [-0.05, 0) is 61.1 Å². The molecular formula is C27H30I2N4O. The number of aromatic nitrogens is 1. The van der Waals surface area contributed by atoms with Gasteiger partial charge in [0.05, 0.1) is 6.04 Å². The Bertz CT molecular complexity index is 1120. The summed E-state index contributed by atoms with van der Waals surface area (Å²) < 4.78 is 0.642. The fourth-order valence-corrected chi connectivity index (χ4v) is 8.16. The molecule has 0 bridgehead atoms. The van der Waals surface area contributed by atoms with Crippen LogP contribution in [0.25, 0.3) is 10.8 Å². The molecule has 3 aromatic rings. The summed E-state index contributed by atoms with van der Waals surface area (Å²) in [6, 6.07) is 17.1. The molecule has 5 nitrogen and oxygen atoms in total. The van der Waals surface area contributed by atoms with Crippen LogP contribution in [0.4, 0.5) is 5.69 Å². The second-order valence-electron chi connectivity index (χ2n) is 9.35. The maximum absolute atomic E-state index is 13.4. The number of fused-ring (bicyclic) bond motifs is 1. The van der Waals surface area contributed by atoms with Crippen LogP contribution in [0.15, 0.2) is 60.9 Å². The summed E-state index contributed by atoms with van der Waals surface area (Å²) >= 11 is 5.02. The molecule has 2 aromatic carbocycles. The Morgan fingerprint density at radius 2 is 1.71 bits per heavy atom. The Morgan fingerprint density at radius 3 is 2.44 bits per heavy atom. The lowest BCUT2D eigenvalue weighted by atomic mass is 10.0. The van der Waals surface area contributed by atoms with Gasteiger partial charge >= 0.3 is 0 Å². The van der Waals surface area contributed by atoms with Gasteiger partial charge in [0.25, 0.3) is 5.91 Å². The lowest BCUT2D eigenvalue weighted by Gasteiger charge is -2.40. The number of carbonyl (C=O) groups excluding carboxylic acids is 1. The molecule has 2 fully saturated rings. The molecule has 1 unspecified atom stereocenters. The Kier molecular flexibility index (Phi) is 7.90. The zero-order valence-corrected chi connectivity index (χ0v) is 23.5. The molecule has 34 heavy (non-hydrogen) atoms. The maximum Gasteiger partial charge on any atom is 0.254 e. The van der Waals surface area contributed by atoms with Crippen molar-refractivity contribution in [1.82, 2.24) is 14.8 Å². The summed E-state index contributed by atoms with van der Waals surface area (Å²) in [5, 5.41) is 5.74. The number of piperidine rings is 2. The zero-order valence-electron chi connectivity index (χ0n) is 19.2. The van der Waals surface area contributed by atoms with E-state index in [1.54, 1.807) is 6.20 Å². The van der Waals surface area contributed by atoms with E-state index in [1.807, 2.05) is 35.4 Å². The van der Waals surface area contributed by atoms with Gasteiger partial charge in [0.1, 0.15) is 0 Å². The van der Waals surface area contributed by atoms with E-state index in [-0.39, 0.29) is 5.91 Å². The number of nitrogens with one attached hydrogen (secondary N) is 1. The molecule has 3 atom stereocenters. The van der Waals surface area contributed by atoms with Gasteiger partial charge in [-0.3, -0.25) is 14.7 Å². The van der Waals surface area contributed by atoms with Crippen molar-refractivity contribution in [2.45, 2.75) is 39.7 Å². The summed E-state index contributed by atoms with van der Waals surface area (Å²) in [4.78, 5) is 22.2. The molecule has 1 amide bonds. The average molecular weight is 680 g/mol. The van der Waals surface area contributed by atoms with Gasteiger partial charge in [0.2, 0.25) is 0 Å². The Labute approximate surface area is 229 Å². The van der Waals surface area contributed by atoms with Crippen LogP contribution in [-0.2, 0) is 6.54 Å². The van der Waals surface area contributed by atoms with Crippen molar-refractivity contribution >= 4 is 67.5 Å². The van der Waals surface area contributed by atoms with Gasteiger partial charge in [-0.2, -0.15) is 0 Å². The zero-order chi connectivity index (χ0) is 23.5. The van der Waals surface area contributed by atoms with Crippen molar-refractivity contribution in [1.29, 1.82) is 0 Å². The third kappa shape index (κ3) is 5.51. The second kappa shape index (κ2) is 11.1. The molecule has 7 heteroatoms. The highest BCUT2D eigenvalue weighted by Gasteiger charge is 2.36. The van der Waals surface area contributed by atoms with E-state index < -0.39 is 0 Å². The first-order valence-electron chi connectivity index (χ1n) is 12.1. The molecule has 0 saturated carbocycles. The number of halogens is 2. The van der Waals surface area contributed by atoms with E-state index in [9.17, 15) is 4.79 Å². The van der Waals surface area contributed by atoms with Crippen LogP contribution in [0.2, 0.25) is 0 Å². The number of carbonyl (C=O) groups is 1. The molecule has 5 rings (SSSR count). The number of amides is 1. The van der Waals surface area contributed by atoms with Crippen LogP contribution in [0.3, 0.4) is 0 Å². The third-order valence-electron chi connectivity index (χ3n) is 6.91. The normalized spacial score (nSPS) is 23.7. The summed E-state index contributed by atoms with van der Waals surface area (Å²) in [5.74, 6) is 0.112. The number of hydrogen-bond acceptors (Lipinski definition) is 4. The van der Waals surface area contributed by atoms with Crippen molar-refractivity contribution < 1.29 is 4.79 Å². The van der Waals surface area contributed by atoms with Crippen molar-refractivity contribution in [3.63, 3.8) is 0 Å². The van der Waals surface area contributed by atoms with E-state index >= 15 is 0 Å². The monoisotopic (exact) mass is 680 g/mol. The first-order chi connectivity index (χ1) is 16.6. The first-order valence-corrected chi connectivity index (χ1v) is 14.6. The molecule has 2 aliphatic heterocycles. The van der Waals surface area contributed by atoms with Crippen LogP contribution in [0.5, 0.6) is 0 Å². The van der Waals surface area contributed by atoms with Gasteiger partial charge in [0, 0.05) is 56.5 Å². The highest BCUT2D eigenvalue weighted by atomic mass is 127. The number of likely N-dealkylation sites (tertiary alicyclic amines) is 2. The third-order valence-corrected chi connectivity index (χ3v) is 9.25. The van der Waals surface area contributed by atoms with Crippen molar-refractivity contribution in [2.75, 3.05) is 31.5 Å². The van der Waals surface area contributed by atoms with Crippen LogP contribution in [0, 0.1) is 0 Å². The van der Waals surface area contributed by atoms with E-state index in [0.717, 1.165) is 41.7 Å². The van der Waals surface area contributed by atoms with Crippen LogP contribution < -0.4 is 5.32 Å². The summed E-state index contributed by atoms with van der Waals surface area (Å²) in [7, 11) is 0. The number of nitrogens with zero attached hydrogens (tertiary/aromatic N) is 3. The van der Waals surface area contributed by atoms with E-state index in [0.29, 0.717) is 13.9 Å². The number of benzene rings is 2. The van der Waals surface area contributed by atoms with Crippen LogP contribution in [0.1, 0.15) is 35.2 Å². The average Bonchev–Trinajstić information content (AvgIpc) is 2.87. The largest absolute Gasteiger partial charge is 0.380 e. The Hall–Kier alpha value is -1.46. The molecule has 0 spiro atoms.